The first-order valence-corrected chi connectivity index (χ1v) is 9.20. The number of likely N-dealkylation sites (N-methyl/N-ethyl adjacent to an activating group) is 1. The van der Waals surface area contributed by atoms with Gasteiger partial charge in [-0.2, -0.15) is 0 Å². The van der Waals surface area contributed by atoms with Crippen molar-refractivity contribution in [3.63, 3.8) is 0 Å². The maximum absolute atomic E-state index is 13.0. The average molecular weight is 382 g/mol. The number of halogens is 1. The zero-order valence-corrected chi connectivity index (χ0v) is 15.8. The molecule has 0 saturated carbocycles. The van der Waals surface area contributed by atoms with Gasteiger partial charge in [0, 0.05) is 24.7 Å². The van der Waals surface area contributed by atoms with Crippen LogP contribution in [0, 0.1) is 5.82 Å². The van der Waals surface area contributed by atoms with Gasteiger partial charge in [0.25, 0.3) is 5.91 Å². The van der Waals surface area contributed by atoms with Crippen LogP contribution in [0.1, 0.15) is 15.2 Å². The lowest BCUT2D eigenvalue weighted by molar-refractivity contribution is -0.127. The van der Waals surface area contributed by atoms with E-state index in [4.69, 9.17) is 0 Å². The van der Waals surface area contributed by atoms with Crippen LogP contribution in [-0.4, -0.2) is 30.8 Å². The van der Waals surface area contributed by atoms with Crippen molar-refractivity contribution < 1.29 is 14.0 Å². The quantitative estimate of drug-likeness (QED) is 0.709. The molecule has 3 aromatic rings. The standard InChI is InChI=1S/C21H19FN2O2S/c1-24(2)20(25)13-14-3-9-17(10-4-14)23-21(26)19-12-11-18(27-19)15-5-7-16(22)8-6-15/h3-12H,13H2,1-2H3,(H,23,26). The Morgan fingerprint density at radius 1 is 0.963 bits per heavy atom. The predicted molar refractivity (Wildman–Crippen MR) is 107 cm³/mol. The number of hydrogen-bond donors (Lipinski definition) is 1. The Balaban J connectivity index is 1.65. The summed E-state index contributed by atoms with van der Waals surface area (Å²) in [6.07, 6.45) is 0.327. The normalized spacial score (nSPS) is 10.5. The summed E-state index contributed by atoms with van der Waals surface area (Å²) in [5.41, 5.74) is 2.43. The molecule has 0 aliphatic carbocycles. The van der Waals surface area contributed by atoms with Crippen LogP contribution in [-0.2, 0) is 11.2 Å². The molecule has 6 heteroatoms. The number of anilines is 1. The highest BCUT2D eigenvalue weighted by molar-refractivity contribution is 7.17. The minimum atomic E-state index is -0.288. The molecule has 1 aromatic heterocycles. The molecular formula is C21H19FN2O2S. The number of rotatable bonds is 5. The van der Waals surface area contributed by atoms with E-state index < -0.39 is 0 Å². The Kier molecular flexibility index (Phi) is 5.66. The van der Waals surface area contributed by atoms with Crippen LogP contribution in [0.4, 0.5) is 10.1 Å². The van der Waals surface area contributed by atoms with E-state index in [2.05, 4.69) is 5.32 Å². The smallest absolute Gasteiger partial charge is 0.265 e. The minimum absolute atomic E-state index is 0.0266. The summed E-state index contributed by atoms with van der Waals surface area (Å²) in [4.78, 5) is 27.2. The van der Waals surface area contributed by atoms with Gasteiger partial charge in [0.15, 0.2) is 0 Å². The van der Waals surface area contributed by atoms with E-state index in [1.54, 1.807) is 49.3 Å². The third-order valence-corrected chi connectivity index (χ3v) is 5.16. The Labute approximate surface area is 161 Å². The second-order valence-electron chi connectivity index (χ2n) is 6.29. The van der Waals surface area contributed by atoms with Gasteiger partial charge in [-0.3, -0.25) is 9.59 Å². The van der Waals surface area contributed by atoms with Crippen molar-refractivity contribution >= 4 is 28.8 Å². The summed E-state index contributed by atoms with van der Waals surface area (Å²) in [5.74, 6) is -0.465. The number of nitrogens with one attached hydrogen (secondary N) is 1. The molecule has 27 heavy (non-hydrogen) atoms. The fourth-order valence-electron chi connectivity index (χ4n) is 2.46. The van der Waals surface area contributed by atoms with Crippen LogP contribution >= 0.6 is 11.3 Å². The first kappa shape index (κ1) is 18.8. The van der Waals surface area contributed by atoms with Gasteiger partial charge in [0.05, 0.1) is 11.3 Å². The summed E-state index contributed by atoms with van der Waals surface area (Å²) >= 11 is 1.35. The number of thiophene rings is 1. The van der Waals surface area contributed by atoms with E-state index >= 15 is 0 Å². The number of carbonyl (C=O) groups is 2. The van der Waals surface area contributed by atoms with E-state index in [0.717, 1.165) is 16.0 Å². The largest absolute Gasteiger partial charge is 0.349 e. The molecule has 3 rings (SSSR count). The number of amides is 2. The van der Waals surface area contributed by atoms with Crippen molar-refractivity contribution in [3.8, 4) is 10.4 Å². The third kappa shape index (κ3) is 4.80. The van der Waals surface area contributed by atoms with Gasteiger partial charge in [0.1, 0.15) is 5.82 Å². The molecule has 0 radical (unpaired) electrons. The van der Waals surface area contributed by atoms with Crippen molar-refractivity contribution in [3.05, 3.63) is 76.9 Å². The first-order chi connectivity index (χ1) is 12.9. The SMILES string of the molecule is CN(C)C(=O)Cc1ccc(NC(=O)c2ccc(-c3ccc(F)cc3)s2)cc1. The lowest BCUT2D eigenvalue weighted by atomic mass is 10.1. The summed E-state index contributed by atoms with van der Waals surface area (Å²) in [6, 6.07) is 17.0. The molecule has 0 aliphatic heterocycles. The van der Waals surface area contributed by atoms with Crippen LogP contribution in [0.5, 0.6) is 0 Å². The highest BCUT2D eigenvalue weighted by Crippen LogP contribution is 2.28. The maximum atomic E-state index is 13.0. The van der Waals surface area contributed by atoms with Crippen LogP contribution in [0.25, 0.3) is 10.4 Å². The second-order valence-corrected chi connectivity index (χ2v) is 7.37. The molecule has 138 valence electrons. The van der Waals surface area contributed by atoms with Crippen molar-refractivity contribution in [2.75, 3.05) is 19.4 Å². The zero-order valence-electron chi connectivity index (χ0n) is 15.0. The summed E-state index contributed by atoms with van der Waals surface area (Å²) in [7, 11) is 3.44. The molecular weight excluding hydrogens is 363 g/mol. The molecule has 1 N–H and O–H groups in total. The van der Waals surface area contributed by atoms with Gasteiger partial charge >= 0.3 is 0 Å². The van der Waals surface area contributed by atoms with Gasteiger partial charge < -0.3 is 10.2 Å². The molecule has 0 unspecified atom stereocenters. The fourth-order valence-corrected chi connectivity index (χ4v) is 3.37. The van der Waals surface area contributed by atoms with Gasteiger partial charge in [-0.05, 0) is 47.5 Å². The molecule has 2 amide bonds. The summed E-state index contributed by atoms with van der Waals surface area (Å²) in [5, 5.41) is 2.85. The molecule has 0 saturated heterocycles. The van der Waals surface area contributed by atoms with Crippen LogP contribution in [0.15, 0.2) is 60.7 Å². The molecule has 0 atom stereocenters. The van der Waals surface area contributed by atoms with Gasteiger partial charge in [-0.15, -0.1) is 11.3 Å². The van der Waals surface area contributed by atoms with E-state index in [9.17, 15) is 14.0 Å². The molecule has 0 aliphatic rings. The molecule has 0 fully saturated rings. The monoisotopic (exact) mass is 382 g/mol. The third-order valence-electron chi connectivity index (χ3n) is 4.02. The van der Waals surface area contributed by atoms with Crippen molar-refractivity contribution in [1.29, 1.82) is 0 Å². The van der Waals surface area contributed by atoms with E-state index in [-0.39, 0.29) is 17.6 Å². The van der Waals surface area contributed by atoms with Crippen LogP contribution < -0.4 is 5.32 Å². The van der Waals surface area contributed by atoms with Gasteiger partial charge in [-0.25, -0.2) is 4.39 Å². The lowest BCUT2D eigenvalue weighted by Crippen LogP contribution is -2.23. The fraction of sp³-hybridized carbons (Fsp3) is 0.143. The summed E-state index contributed by atoms with van der Waals surface area (Å²) in [6.45, 7) is 0. The van der Waals surface area contributed by atoms with Crippen molar-refractivity contribution in [2.45, 2.75) is 6.42 Å². The maximum Gasteiger partial charge on any atom is 0.265 e. The Morgan fingerprint density at radius 2 is 1.63 bits per heavy atom. The van der Waals surface area contributed by atoms with Crippen molar-refractivity contribution in [1.82, 2.24) is 4.90 Å². The minimum Gasteiger partial charge on any atom is -0.349 e. The number of benzene rings is 2. The van der Waals surface area contributed by atoms with E-state index in [0.29, 0.717) is 17.0 Å². The summed E-state index contributed by atoms with van der Waals surface area (Å²) < 4.78 is 13.0. The Morgan fingerprint density at radius 3 is 2.26 bits per heavy atom. The first-order valence-electron chi connectivity index (χ1n) is 8.38. The van der Waals surface area contributed by atoms with Crippen LogP contribution in [0.2, 0.25) is 0 Å². The predicted octanol–water partition coefficient (Wildman–Crippen LogP) is 4.44. The molecule has 4 nitrogen and oxygen atoms in total. The van der Waals surface area contributed by atoms with Crippen LogP contribution in [0.3, 0.4) is 0 Å². The highest BCUT2D eigenvalue weighted by atomic mass is 32.1. The zero-order chi connectivity index (χ0) is 19.4. The Bertz CT molecular complexity index is 947. The van der Waals surface area contributed by atoms with Gasteiger partial charge in [0.2, 0.25) is 5.91 Å². The molecule has 1 heterocycles. The van der Waals surface area contributed by atoms with Crippen molar-refractivity contribution in [2.24, 2.45) is 0 Å². The lowest BCUT2D eigenvalue weighted by Gasteiger charge is -2.10. The van der Waals surface area contributed by atoms with Gasteiger partial charge in [-0.1, -0.05) is 24.3 Å². The molecule has 2 aromatic carbocycles. The second kappa shape index (κ2) is 8.14. The Hall–Kier alpha value is -2.99. The molecule has 0 bridgehead atoms. The number of nitrogens with zero attached hydrogens (tertiary/aromatic N) is 1. The average Bonchev–Trinajstić information content (AvgIpc) is 3.14. The highest BCUT2D eigenvalue weighted by Gasteiger charge is 2.11. The van der Waals surface area contributed by atoms with E-state index in [1.165, 1.54) is 23.5 Å². The topological polar surface area (TPSA) is 49.4 Å². The van der Waals surface area contributed by atoms with E-state index in [1.807, 2.05) is 18.2 Å². The number of carbonyl (C=O) groups excluding carboxylic acids is 2. The number of hydrogen-bond acceptors (Lipinski definition) is 3. The molecule has 0 spiro atoms.